The molecule has 164 valence electrons. The molecule has 0 saturated heterocycles. The second-order valence-corrected chi connectivity index (χ2v) is 8.31. The van der Waals surface area contributed by atoms with Gasteiger partial charge in [-0.2, -0.15) is 0 Å². The molecule has 3 heterocycles. The normalized spacial score (nSPS) is 11.0. The van der Waals surface area contributed by atoms with Crippen molar-refractivity contribution in [2.45, 2.75) is 25.9 Å². The van der Waals surface area contributed by atoms with Crippen LogP contribution < -0.4 is 4.74 Å². The first-order valence-electron chi connectivity index (χ1n) is 10.4. The van der Waals surface area contributed by atoms with Crippen LogP contribution in [0.5, 0.6) is 5.75 Å². The summed E-state index contributed by atoms with van der Waals surface area (Å²) in [5.41, 5.74) is 4.52. The molecule has 3 aromatic heterocycles. The smallest absolute Gasteiger partial charge is 0.196 e. The van der Waals surface area contributed by atoms with E-state index in [4.69, 9.17) is 4.74 Å². The molecule has 0 radical (unpaired) electrons. The summed E-state index contributed by atoms with van der Waals surface area (Å²) in [6.07, 6.45) is 3.48. The zero-order chi connectivity index (χ0) is 22.7. The fraction of sp³-hybridized carbons (Fsp3) is 0.250. The molecule has 7 nitrogen and oxygen atoms in total. The van der Waals surface area contributed by atoms with E-state index in [-0.39, 0.29) is 11.5 Å². The number of rotatable bonds is 8. The van der Waals surface area contributed by atoms with Gasteiger partial charge in [-0.3, -0.25) is 14.3 Å². The largest absolute Gasteiger partial charge is 0.494 e. The summed E-state index contributed by atoms with van der Waals surface area (Å²) in [5, 5.41) is 9.46. The van der Waals surface area contributed by atoms with Crippen molar-refractivity contribution >= 4 is 17.5 Å². The van der Waals surface area contributed by atoms with Crippen LogP contribution >= 0.6 is 11.8 Å². The van der Waals surface area contributed by atoms with E-state index in [1.54, 1.807) is 12.4 Å². The van der Waals surface area contributed by atoms with Crippen LogP contribution in [-0.4, -0.2) is 42.5 Å². The number of benzene rings is 1. The Hall–Kier alpha value is -3.39. The second-order valence-electron chi connectivity index (χ2n) is 7.37. The molecule has 1 aromatic carbocycles. The van der Waals surface area contributed by atoms with Crippen LogP contribution in [0.15, 0.2) is 60.0 Å². The van der Waals surface area contributed by atoms with Crippen molar-refractivity contribution in [1.29, 1.82) is 0 Å². The number of ether oxygens (including phenoxy) is 1. The van der Waals surface area contributed by atoms with E-state index in [1.165, 1.54) is 11.8 Å². The number of pyridine rings is 1. The molecule has 8 heteroatoms. The van der Waals surface area contributed by atoms with Gasteiger partial charge < -0.3 is 9.30 Å². The number of ketones is 1. The summed E-state index contributed by atoms with van der Waals surface area (Å²) in [5.74, 6) is 1.81. The van der Waals surface area contributed by atoms with Gasteiger partial charge in [0.2, 0.25) is 0 Å². The van der Waals surface area contributed by atoms with Crippen molar-refractivity contribution in [2.24, 2.45) is 7.05 Å². The zero-order valence-electron chi connectivity index (χ0n) is 18.6. The highest BCUT2D eigenvalue weighted by atomic mass is 32.2. The van der Waals surface area contributed by atoms with Gasteiger partial charge >= 0.3 is 0 Å². The second kappa shape index (κ2) is 9.40. The Balaban J connectivity index is 1.66. The SMILES string of the molecule is CCOc1ccc(-n2c(SCC(=O)c3cc(C)n(C)c3C)nnc2-c2cccnc2)cc1. The summed E-state index contributed by atoms with van der Waals surface area (Å²) < 4.78 is 9.55. The van der Waals surface area contributed by atoms with Crippen LogP contribution in [0.4, 0.5) is 0 Å². The number of Topliss-reactive ketones (excluding diaryl/α,β-unsaturated/α-hetero) is 1. The Bertz CT molecular complexity index is 1230. The molecule has 0 aliphatic rings. The van der Waals surface area contributed by atoms with Crippen molar-refractivity contribution in [3.05, 3.63) is 71.8 Å². The predicted molar refractivity (Wildman–Crippen MR) is 126 cm³/mol. The van der Waals surface area contributed by atoms with Crippen molar-refractivity contribution in [1.82, 2.24) is 24.3 Å². The summed E-state index contributed by atoms with van der Waals surface area (Å²) in [6, 6.07) is 13.5. The van der Waals surface area contributed by atoms with Gasteiger partial charge in [-0.25, -0.2) is 0 Å². The average molecular weight is 448 g/mol. The van der Waals surface area contributed by atoms with Gasteiger partial charge in [-0.05, 0) is 63.2 Å². The van der Waals surface area contributed by atoms with E-state index in [9.17, 15) is 4.79 Å². The van der Waals surface area contributed by atoms with Gasteiger partial charge in [0.25, 0.3) is 0 Å². The third kappa shape index (κ3) is 4.31. The van der Waals surface area contributed by atoms with Gasteiger partial charge in [-0.15, -0.1) is 10.2 Å². The minimum Gasteiger partial charge on any atom is -0.494 e. The third-order valence-electron chi connectivity index (χ3n) is 5.37. The molecule has 0 fully saturated rings. The lowest BCUT2D eigenvalue weighted by molar-refractivity contribution is 0.102. The Morgan fingerprint density at radius 3 is 2.53 bits per heavy atom. The van der Waals surface area contributed by atoms with Crippen LogP contribution in [-0.2, 0) is 7.05 Å². The van der Waals surface area contributed by atoms with Gasteiger partial charge in [0, 0.05) is 47.6 Å². The van der Waals surface area contributed by atoms with Crippen LogP contribution in [0, 0.1) is 13.8 Å². The zero-order valence-corrected chi connectivity index (χ0v) is 19.4. The van der Waals surface area contributed by atoms with Gasteiger partial charge in [-0.1, -0.05) is 11.8 Å². The molecular formula is C24H25N5O2S. The lowest BCUT2D eigenvalue weighted by Gasteiger charge is -2.11. The number of hydrogen-bond acceptors (Lipinski definition) is 6. The minimum atomic E-state index is 0.0698. The molecule has 4 aromatic rings. The molecule has 0 aliphatic carbocycles. The molecule has 0 bridgehead atoms. The van der Waals surface area contributed by atoms with E-state index in [1.807, 2.05) is 79.4 Å². The molecule has 0 amide bonds. The molecule has 0 unspecified atom stereocenters. The molecule has 4 rings (SSSR count). The summed E-state index contributed by atoms with van der Waals surface area (Å²) in [4.78, 5) is 17.1. The molecule has 32 heavy (non-hydrogen) atoms. The average Bonchev–Trinajstić information content (AvgIpc) is 3.35. The quantitative estimate of drug-likeness (QED) is 0.289. The van der Waals surface area contributed by atoms with Crippen LogP contribution in [0.25, 0.3) is 17.1 Å². The van der Waals surface area contributed by atoms with Crippen LogP contribution in [0.2, 0.25) is 0 Å². The van der Waals surface area contributed by atoms with Crippen LogP contribution in [0.1, 0.15) is 28.7 Å². The van der Waals surface area contributed by atoms with Gasteiger partial charge in [0.05, 0.1) is 12.4 Å². The minimum absolute atomic E-state index is 0.0698. The number of carbonyl (C=O) groups is 1. The van der Waals surface area contributed by atoms with E-state index >= 15 is 0 Å². The molecule has 0 aliphatic heterocycles. The maximum atomic E-state index is 12.9. The Kier molecular flexibility index (Phi) is 6.41. The number of nitrogens with zero attached hydrogens (tertiary/aromatic N) is 5. The highest BCUT2D eigenvalue weighted by Crippen LogP contribution is 2.29. The van der Waals surface area contributed by atoms with E-state index in [0.717, 1.165) is 34.0 Å². The topological polar surface area (TPSA) is 74.8 Å². The fourth-order valence-electron chi connectivity index (χ4n) is 3.48. The van der Waals surface area contributed by atoms with Crippen molar-refractivity contribution < 1.29 is 9.53 Å². The number of aromatic nitrogens is 5. The van der Waals surface area contributed by atoms with Gasteiger partial charge in [0.1, 0.15) is 5.75 Å². The van der Waals surface area contributed by atoms with Crippen LogP contribution in [0.3, 0.4) is 0 Å². The standard InChI is InChI=1S/C24H25N5O2S/c1-5-31-20-10-8-19(9-11-20)29-23(18-7-6-12-25-14-18)26-27-24(29)32-15-22(30)21-13-16(2)28(4)17(21)3/h6-14H,5,15H2,1-4H3. The molecule has 0 spiro atoms. The van der Waals surface area contributed by atoms with E-state index < -0.39 is 0 Å². The first-order chi connectivity index (χ1) is 15.5. The van der Waals surface area contributed by atoms with Crippen molar-refractivity contribution in [3.63, 3.8) is 0 Å². The Morgan fingerprint density at radius 1 is 1.12 bits per heavy atom. The maximum Gasteiger partial charge on any atom is 0.196 e. The number of carbonyl (C=O) groups excluding carboxylic acids is 1. The maximum absolute atomic E-state index is 12.9. The predicted octanol–water partition coefficient (Wildman–Crippen LogP) is 4.66. The Morgan fingerprint density at radius 2 is 1.91 bits per heavy atom. The lowest BCUT2D eigenvalue weighted by atomic mass is 10.2. The highest BCUT2D eigenvalue weighted by molar-refractivity contribution is 7.99. The number of thioether (sulfide) groups is 1. The Labute approximate surface area is 191 Å². The fourth-order valence-corrected chi connectivity index (χ4v) is 4.32. The van der Waals surface area contributed by atoms with E-state index in [2.05, 4.69) is 15.2 Å². The van der Waals surface area contributed by atoms with Crippen molar-refractivity contribution in [3.8, 4) is 22.8 Å². The number of hydrogen-bond donors (Lipinski definition) is 0. The third-order valence-corrected chi connectivity index (χ3v) is 6.30. The lowest BCUT2D eigenvalue weighted by Crippen LogP contribution is -2.06. The molecule has 0 N–H and O–H groups in total. The first kappa shape index (κ1) is 21.8. The van der Waals surface area contributed by atoms with Crippen molar-refractivity contribution in [2.75, 3.05) is 12.4 Å². The highest BCUT2D eigenvalue weighted by Gasteiger charge is 2.20. The molecule has 0 atom stereocenters. The van der Waals surface area contributed by atoms with Gasteiger partial charge in [0.15, 0.2) is 16.8 Å². The first-order valence-corrected chi connectivity index (χ1v) is 11.4. The summed E-state index contributed by atoms with van der Waals surface area (Å²) in [7, 11) is 1.97. The number of aryl methyl sites for hydroxylation is 1. The van der Waals surface area contributed by atoms with E-state index in [0.29, 0.717) is 17.6 Å². The summed E-state index contributed by atoms with van der Waals surface area (Å²) >= 11 is 1.38. The molecular weight excluding hydrogens is 422 g/mol. The monoisotopic (exact) mass is 447 g/mol. The molecule has 0 saturated carbocycles. The summed E-state index contributed by atoms with van der Waals surface area (Å²) in [6.45, 7) is 6.53.